The van der Waals surface area contributed by atoms with E-state index in [0.717, 1.165) is 141 Å². The highest BCUT2D eigenvalue weighted by Gasteiger charge is 2.30. The predicted octanol–water partition coefficient (Wildman–Crippen LogP) is 21.9. The van der Waals surface area contributed by atoms with Crippen molar-refractivity contribution in [3.05, 3.63) is 60.8 Å². The van der Waals surface area contributed by atoms with Crippen LogP contribution < -0.4 is 0 Å². The number of aliphatic hydroxyl groups excluding tert-OH is 1. The molecule has 0 aliphatic heterocycles. The maximum Gasteiger partial charge on any atom is 0.472 e. The van der Waals surface area contributed by atoms with Crippen molar-refractivity contribution in [3.8, 4) is 0 Å². The molecule has 0 aliphatic carbocycles. The summed E-state index contributed by atoms with van der Waals surface area (Å²) in [4.78, 5) is 72.8. The van der Waals surface area contributed by atoms with E-state index >= 15 is 0 Å². The molecule has 19 heteroatoms. The number of allylic oxidation sites excluding steroid dienone is 10. The lowest BCUT2D eigenvalue weighted by Crippen LogP contribution is -2.30. The van der Waals surface area contributed by atoms with Crippen molar-refractivity contribution in [1.29, 1.82) is 0 Å². The highest BCUT2D eigenvalue weighted by molar-refractivity contribution is 7.47. The fourth-order valence-electron chi connectivity index (χ4n) is 10.5. The molecule has 0 aromatic heterocycles. The third-order valence-electron chi connectivity index (χ3n) is 16.5. The Balaban J connectivity index is 5.34. The fourth-order valence-corrected chi connectivity index (χ4v) is 12.1. The zero-order chi connectivity index (χ0) is 70.4. The highest BCUT2D eigenvalue weighted by Crippen LogP contribution is 2.45. The van der Waals surface area contributed by atoms with Gasteiger partial charge >= 0.3 is 39.5 Å². The van der Waals surface area contributed by atoms with Crippen LogP contribution in [0.2, 0.25) is 0 Å². The standard InChI is InChI=1S/C77H140O17P2/c1-5-9-13-17-21-25-29-33-35-39-42-46-50-54-58-62-75(80)88-68-72(93-76(81)63-59-55-51-47-43-38-32-28-24-20-16-12-8-4)69-91-95(83,84)89-65-71(78)66-90-96(85,86)92-70-73(67-87-74(79)61-57-53-49-45-41-37-31-27-23-19-15-11-7-3)94-77(82)64-60-56-52-48-44-40-36-34-30-26-22-18-14-10-6-2/h22,25-26,28-29,32-36,71-73,78H,5-21,23-24,27,30-31,37-70H2,1-4H3,(H,83,84)(H,85,86)/b26-22-,29-25-,32-28-,35-33-,36-34-/t71-,72-,73-/m1/s1. The molecule has 0 aliphatic rings. The molecule has 0 amide bonds. The monoisotopic (exact) mass is 1400 g/mol. The van der Waals surface area contributed by atoms with Gasteiger partial charge in [0.1, 0.15) is 19.3 Å². The van der Waals surface area contributed by atoms with Gasteiger partial charge < -0.3 is 33.8 Å². The van der Waals surface area contributed by atoms with E-state index in [0.29, 0.717) is 25.7 Å². The number of aliphatic hydroxyl groups is 1. The molecule has 2 unspecified atom stereocenters. The highest BCUT2D eigenvalue weighted by atomic mass is 31.2. The fraction of sp³-hybridized carbons (Fsp3) is 0.818. The summed E-state index contributed by atoms with van der Waals surface area (Å²) in [5, 5.41) is 10.6. The maximum atomic E-state index is 13.1. The van der Waals surface area contributed by atoms with Crippen molar-refractivity contribution in [2.24, 2.45) is 0 Å². The molecule has 0 aromatic carbocycles. The van der Waals surface area contributed by atoms with E-state index in [2.05, 4.69) is 88.5 Å². The Labute approximate surface area is 584 Å². The molecule has 0 saturated carbocycles. The summed E-state index contributed by atoms with van der Waals surface area (Å²) in [5.41, 5.74) is 0. The third kappa shape index (κ3) is 69.2. The second kappa shape index (κ2) is 70.2. The molecule has 0 rings (SSSR count). The topological polar surface area (TPSA) is 237 Å². The van der Waals surface area contributed by atoms with Crippen LogP contribution in [0.3, 0.4) is 0 Å². The minimum Gasteiger partial charge on any atom is -0.462 e. The lowest BCUT2D eigenvalue weighted by Gasteiger charge is -2.21. The molecule has 3 N–H and O–H groups in total. The molecular formula is C77H140O17P2. The van der Waals surface area contributed by atoms with Gasteiger partial charge in [0.2, 0.25) is 0 Å². The van der Waals surface area contributed by atoms with Crippen molar-refractivity contribution in [3.63, 3.8) is 0 Å². The molecule has 0 bridgehead atoms. The van der Waals surface area contributed by atoms with Crippen molar-refractivity contribution in [1.82, 2.24) is 0 Å². The molecule has 96 heavy (non-hydrogen) atoms. The Morgan fingerprint density at radius 3 is 0.875 bits per heavy atom. The van der Waals surface area contributed by atoms with E-state index in [1.54, 1.807) is 0 Å². The van der Waals surface area contributed by atoms with Crippen LogP contribution in [0.15, 0.2) is 60.8 Å². The molecule has 0 fully saturated rings. The normalized spacial score (nSPS) is 14.3. The van der Waals surface area contributed by atoms with Gasteiger partial charge in [0, 0.05) is 25.7 Å². The van der Waals surface area contributed by atoms with Crippen LogP contribution in [0.5, 0.6) is 0 Å². The van der Waals surface area contributed by atoms with Crippen LogP contribution >= 0.6 is 15.6 Å². The van der Waals surface area contributed by atoms with Gasteiger partial charge in [0.05, 0.1) is 26.4 Å². The summed E-state index contributed by atoms with van der Waals surface area (Å²) >= 11 is 0. The number of hydrogen-bond acceptors (Lipinski definition) is 15. The number of hydrogen-bond donors (Lipinski definition) is 3. The lowest BCUT2D eigenvalue weighted by molar-refractivity contribution is -0.161. The van der Waals surface area contributed by atoms with Crippen LogP contribution in [0.1, 0.15) is 349 Å². The Bertz CT molecular complexity index is 2060. The lowest BCUT2D eigenvalue weighted by atomic mass is 10.0. The zero-order valence-electron chi connectivity index (χ0n) is 61.1. The molecule has 17 nitrogen and oxygen atoms in total. The van der Waals surface area contributed by atoms with E-state index in [4.69, 9.17) is 37.0 Å². The first-order chi connectivity index (χ1) is 46.7. The van der Waals surface area contributed by atoms with E-state index in [-0.39, 0.29) is 25.7 Å². The first-order valence-corrected chi connectivity index (χ1v) is 41.5. The van der Waals surface area contributed by atoms with Crippen LogP contribution in [0, 0.1) is 0 Å². The quantitative estimate of drug-likeness (QED) is 0.0128. The van der Waals surface area contributed by atoms with Gasteiger partial charge in [-0.15, -0.1) is 0 Å². The first kappa shape index (κ1) is 92.8. The first-order valence-electron chi connectivity index (χ1n) is 38.5. The Morgan fingerprint density at radius 1 is 0.302 bits per heavy atom. The summed E-state index contributed by atoms with van der Waals surface area (Å²) < 4.78 is 68.4. The molecule has 0 heterocycles. The largest absolute Gasteiger partial charge is 0.472 e. The molecule has 0 spiro atoms. The van der Waals surface area contributed by atoms with Gasteiger partial charge in [-0.3, -0.25) is 37.3 Å². The van der Waals surface area contributed by atoms with Crippen LogP contribution in [-0.4, -0.2) is 96.7 Å². The second-order valence-electron chi connectivity index (χ2n) is 26.0. The summed E-state index contributed by atoms with van der Waals surface area (Å²) in [6.45, 7) is 4.82. The SMILES string of the molecule is CCCCC/C=C\C/C=C\CCCCCCCC(=O)O[C@H](COC(=O)CCCCCCCCCCCCCCC)COP(=O)(O)OC[C@H](O)COP(=O)(O)OC[C@@H](COC(=O)CCCCCCC/C=C\C=C/CCCCCC)OC(=O)CCCCCCC/C=C\CCCCCC. The van der Waals surface area contributed by atoms with Crippen molar-refractivity contribution >= 4 is 39.5 Å². The number of esters is 4. The predicted molar refractivity (Wildman–Crippen MR) is 390 cm³/mol. The Kier molecular flexibility index (Phi) is 67.8. The van der Waals surface area contributed by atoms with E-state index in [9.17, 15) is 43.2 Å². The molecule has 5 atom stereocenters. The van der Waals surface area contributed by atoms with Crippen molar-refractivity contribution in [2.45, 2.75) is 367 Å². The number of phosphoric ester groups is 2. The van der Waals surface area contributed by atoms with Gasteiger partial charge in [-0.25, -0.2) is 9.13 Å². The smallest absolute Gasteiger partial charge is 0.462 e. The molecular weight excluding hydrogens is 1260 g/mol. The number of unbranched alkanes of at least 4 members (excludes halogenated alkanes) is 38. The number of phosphoric acid groups is 2. The van der Waals surface area contributed by atoms with E-state index in [1.807, 2.05) is 0 Å². The summed E-state index contributed by atoms with van der Waals surface area (Å²) in [5.74, 6) is -2.19. The summed E-state index contributed by atoms with van der Waals surface area (Å²) in [7, 11) is -9.94. The summed E-state index contributed by atoms with van der Waals surface area (Å²) in [6, 6.07) is 0. The van der Waals surface area contributed by atoms with Gasteiger partial charge in [-0.2, -0.15) is 0 Å². The summed E-state index contributed by atoms with van der Waals surface area (Å²) in [6.07, 6.45) is 67.7. The third-order valence-corrected chi connectivity index (χ3v) is 18.4. The van der Waals surface area contributed by atoms with Gasteiger partial charge in [-0.1, -0.05) is 275 Å². The molecule has 0 radical (unpaired) electrons. The molecule has 0 aromatic rings. The van der Waals surface area contributed by atoms with E-state index < -0.39 is 97.5 Å². The zero-order valence-corrected chi connectivity index (χ0v) is 62.8. The number of carbonyl (C=O) groups is 4. The van der Waals surface area contributed by atoms with Gasteiger partial charge in [-0.05, 0) is 109 Å². The Morgan fingerprint density at radius 2 is 0.542 bits per heavy atom. The molecule has 560 valence electrons. The minimum absolute atomic E-state index is 0.0836. The second-order valence-corrected chi connectivity index (χ2v) is 28.9. The molecule has 0 saturated heterocycles. The number of ether oxygens (including phenoxy) is 4. The van der Waals surface area contributed by atoms with Crippen molar-refractivity contribution in [2.75, 3.05) is 39.6 Å². The average molecular weight is 1400 g/mol. The van der Waals surface area contributed by atoms with Crippen LogP contribution in [0.25, 0.3) is 0 Å². The maximum absolute atomic E-state index is 13.1. The van der Waals surface area contributed by atoms with Crippen LogP contribution in [0.4, 0.5) is 0 Å². The Hall–Kier alpha value is -3.24. The van der Waals surface area contributed by atoms with Gasteiger partial charge in [0.15, 0.2) is 12.2 Å². The number of rotatable bonds is 73. The van der Waals surface area contributed by atoms with E-state index in [1.165, 1.54) is 128 Å². The van der Waals surface area contributed by atoms with Gasteiger partial charge in [0.25, 0.3) is 0 Å². The average Bonchev–Trinajstić information content (AvgIpc) is 1.29. The minimum atomic E-state index is -4.97. The number of carbonyl (C=O) groups excluding carboxylic acids is 4. The van der Waals surface area contributed by atoms with Crippen molar-refractivity contribution < 1.29 is 80.2 Å². The van der Waals surface area contributed by atoms with Crippen LogP contribution in [-0.2, 0) is 65.4 Å².